The highest BCUT2D eigenvalue weighted by molar-refractivity contribution is 6.38. The van der Waals surface area contributed by atoms with E-state index in [9.17, 15) is 24.0 Å². The number of carbonyl (C=O) groups excluding carboxylic acids is 5. The van der Waals surface area contributed by atoms with E-state index in [0.717, 1.165) is 38.5 Å². The molecule has 1 heterocycles. The summed E-state index contributed by atoms with van der Waals surface area (Å²) in [5, 5.41) is 5.54. The molecule has 1 saturated carbocycles. The molecule has 2 aliphatic rings. The van der Waals surface area contributed by atoms with E-state index >= 15 is 0 Å². The van der Waals surface area contributed by atoms with Crippen molar-refractivity contribution in [3.63, 3.8) is 0 Å². The van der Waals surface area contributed by atoms with Crippen molar-refractivity contribution in [3.05, 3.63) is 0 Å². The van der Waals surface area contributed by atoms with Crippen LogP contribution < -0.4 is 10.6 Å². The second-order valence-electron chi connectivity index (χ2n) is 11.7. The number of hydrogen-bond donors (Lipinski definition) is 2. The van der Waals surface area contributed by atoms with E-state index in [-0.39, 0.29) is 11.8 Å². The summed E-state index contributed by atoms with van der Waals surface area (Å²) in [6.45, 7) is 10.8. The Morgan fingerprint density at radius 1 is 1.03 bits per heavy atom. The number of hydrogen-bond acceptors (Lipinski definition) is 6. The zero-order valence-corrected chi connectivity index (χ0v) is 22.9. The molecule has 9 heteroatoms. The molecule has 0 spiro atoms. The van der Waals surface area contributed by atoms with Gasteiger partial charge in [0.1, 0.15) is 17.7 Å². The lowest BCUT2D eigenvalue weighted by molar-refractivity contribution is -0.144. The van der Waals surface area contributed by atoms with Crippen LogP contribution in [0.3, 0.4) is 0 Å². The molecule has 2 fully saturated rings. The fourth-order valence-electron chi connectivity index (χ4n) is 4.57. The highest BCUT2D eigenvalue weighted by atomic mass is 16.6. The highest BCUT2D eigenvalue weighted by Crippen LogP contribution is 2.34. The van der Waals surface area contributed by atoms with Gasteiger partial charge in [-0.1, -0.05) is 46.0 Å². The first-order valence-electron chi connectivity index (χ1n) is 13.4. The number of carbonyl (C=O) groups is 5. The van der Waals surface area contributed by atoms with Gasteiger partial charge in [-0.2, -0.15) is 0 Å². The van der Waals surface area contributed by atoms with Gasteiger partial charge < -0.3 is 20.3 Å². The molecule has 0 aromatic rings. The maximum absolute atomic E-state index is 13.7. The minimum Gasteiger partial charge on any atom is -0.444 e. The molecular weight excluding hydrogens is 462 g/mol. The quantitative estimate of drug-likeness (QED) is 0.436. The molecule has 36 heavy (non-hydrogen) atoms. The molecule has 0 aromatic carbocycles. The van der Waals surface area contributed by atoms with Crippen LogP contribution in [0.4, 0.5) is 4.79 Å². The second-order valence-corrected chi connectivity index (χ2v) is 11.7. The summed E-state index contributed by atoms with van der Waals surface area (Å²) in [6.07, 6.45) is 5.94. The Morgan fingerprint density at radius 2 is 1.67 bits per heavy atom. The first kappa shape index (κ1) is 29.8. The largest absolute Gasteiger partial charge is 0.444 e. The third kappa shape index (κ3) is 9.90. The molecule has 0 aromatic heterocycles. The third-order valence-electron chi connectivity index (χ3n) is 6.53. The van der Waals surface area contributed by atoms with Crippen LogP contribution in [0.5, 0.6) is 0 Å². The van der Waals surface area contributed by atoms with Gasteiger partial charge >= 0.3 is 6.09 Å². The molecule has 1 unspecified atom stereocenters. The summed E-state index contributed by atoms with van der Waals surface area (Å²) in [6, 6.07) is -2.48. The van der Waals surface area contributed by atoms with Gasteiger partial charge in [-0.15, -0.1) is 0 Å². The number of rotatable bonds is 10. The predicted molar refractivity (Wildman–Crippen MR) is 136 cm³/mol. The minimum absolute atomic E-state index is 0.101. The molecule has 1 saturated heterocycles. The van der Waals surface area contributed by atoms with E-state index in [0.29, 0.717) is 31.7 Å². The first-order chi connectivity index (χ1) is 16.8. The second kappa shape index (κ2) is 13.2. The Hall–Kier alpha value is -2.45. The van der Waals surface area contributed by atoms with Crippen LogP contribution in [0.25, 0.3) is 0 Å². The van der Waals surface area contributed by atoms with Crippen LogP contribution in [0.2, 0.25) is 0 Å². The van der Waals surface area contributed by atoms with Crippen LogP contribution >= 0.6 is 0 Å². The Balaban J connectivity index is 2.28. The molecule has 2 rings (SSSR count). The molecule has 204 valence electrons. The summed E-state index contributed by atoms with van der Waals surface area (Å²) in [5.74, 6) is -1.49. The molecule has 0 bridgehead atoms. The Labute approximate surface area is 215 Å². The number of ether oxygens (including phenoxy) is 1. The van der Waals surface area contributed by atoms with Crippen LogP contribution in [0.15, 0.2) is 0 Å². The summed E-state index contributed by atoms with van der Waals surface area (Å²) < 4.78 is 5.37. The van der Waals surface area contributed by atoms with E-state index in [2.05, 4.69) is 10.6 Å². The van der Waals surface area contributed by atoms with Crippen LogP contribution in [0.1, 0.15) is 99.3 Å². The van der Waals surface area contributed by atoms with Gasteiger partial charge in [0.25, 0.3) is 0 Å². The lowest BCUT2D eigenvalue weighted by Crippen LogP contribution is -2.58. The SMILES string of the molecule is CC(=O)C(=O)C(CC1CC1)NC(=O)[C@H](CC(C)C)N1CCCCCC[C@H](NC(=O)OC(C)(C)C)C1=O. The summed E-state index contributed by atoms with van der Waals surface area (Å²) >= 11 is 0. The molecule has 3 amide bonds. The van der Waals surface area contributed by atoms with E-state index < -0.39 is 47.3 Å². The van der Waals surface area contributed by atoms with Crippen molar-refractivity contribution in [2.45, 2.75) is 123 Å². The van der Waals surface area contributed by atoms with Gasteiger partial charge in [0.2, 0.25) is 17.6 Å². The number of alkyl carbamates (subject to hydrolysis) is 1. The van der Waals surface area contributed by atoms with Gasteiger partial charge in [-0.05, 0) is 58.3 Å². The maximum atomic E-state index is 13.7. The smallest absolute Gasteiger partial charge is 0.408 e. The summed E-state index contributed by atoms with van der Waals surface area (Å²) in [7, 11) is 0. The van der Waals surface area contributed by atoms with Crippen molar-refractivity contribution in [1.82, 2.24) is 15.5 Å². The zero-order valence-electron chi connectivity index (χ0n) is 22.9. The summed E-state index contributed by atoms with van der Waals surface area (Å²) in [4.78, 5) is 65.8. The van der Waals surface area contributed by atoms with Crippen LogP contribution in [0, 0.1) is 11.8 Å². The van der Waals surface area contributed by atoms with Gasteiger partial charge in [0, 0.05) is 13.5 Å². The number of nitrogens with zero attached hydrogens (tertiary/aromatic N) is 1. The van der Waals surface area contributed by atoms with Crippen molar-refractivity contribution >= 4 is 29.5 Å². The molecule has 1 aliphatic carbocycles. The third-order valence-corrected chi connectivity index (χ3v) is 6.53. The van der Waals surface area contributed by atoms with E-state index in [4.69, 9.17) is 4.74 Å². The molecule has 0 radical (unpaired) electrons. The van der Waals surface area contributed by atoms with Gasteiger partial charge in [-0.3, -0.25) is 19.2 Å². The van der Waals surface area contributed by atoms with Gasteiger partial charge in [0.15, 0.2) is 5.78 Å². The average Bonchev–Trinajstić information content (AvgIpc) is 3.56. The van der Waals surface area contributed by atoms with Crippen molar-refractivity contribution in [1.29, 1.82) is 0 Å². The van der Waals surface area contributed by atoms with Crippen molar-refractivity contribution < 1.29 is 28.7 Å². The Kier molecular flexibility index (Phi) is 10.9. The molecular formula is C27H45N3O6. The molecule has 9 nitrogen and oxygen atoms in total. The molecule has 1 aliphatic heterocycles. The monoisotopic (exact) mass is 507 g/mol. The van der Waals surface area contributed by atoms with E-state index in [1.165, 1.54) is 6.92 Å². The number of amides is 3. The predicted octanol–water partition coefficient (Wildman–Crippen LogP) is 3.53. The molecule has 2 N–H and O–H groups in total. The lowest BCUT2D eigenvalue weighted by atomic mass is 9.98. The molecule has 3 atom stereocenters. The van der Waals surface area contributed by atoms with Crippen LogP contribution in [-0.2, 0) is 23.9 Å². The van der Waals surface area contributed by atoms with Crippen LogP contribution in [-0.4, -0.2) is 64.6 Å². The van der Waals surface area contributed by atoms with Gasteiger partial charge in [0.05, 0.1) is 6.04 Å². The van der Waals surface area contributed by atoms with Crippen molar-refractivity contribution in [3.8, 4) is 0 Å². The average molecular weight is 508 g/mol. The minimum atomic E-state index is -0.875. The van der Waals surface area contributed by atoms with E-state index in [1.54, 1.807) is 25.7 Å². The highest BCUT2D eigenvalue weighted by Gasteiger charge is 2.38. The summed E-state index contributed by atoms with van der Waals surface area (Å²) in [5.41, 5.74) is -0.703. The number of Topliss-reactive ketones (excluding diaryl/α,β-unsaturated/α-hetero) is 2. The first-order valence-corrected chi connectivity index (χ1v) is 13.4. The Morgan fingerprint density at radius 3 is 2.22 bits per heavy atom. The normalized spacial score (nSPS) is 21.0. The topological polar surface area (TPSA) is 122 Å². The van der Waals surface area contributed by atoms with Crippen molar-refractivity contribution in [2.75, 3.05) is 6.54 Å². The van der Waals surface area contributed by atoms with Crippen molar-refractivity contribution in [2.24, 2.45) is 11.8 Å². The fourth-order valence-corrected chi connectivity index (χ4v) is 4.57. The maximum Gasteiger partial charge on any atom is 0.408 e. The zero-order chi connectivity index (χ0) is 27.0. The lowest BCUT2D eigenvalue weighted by Gasteiger charge is -2.35. The fraction of sp³-hybridized carbons (Fsp3) is 0.815. The number of nitrogens with one attached hydrogen (secondary N) is 2. The standard InChI is InChI=1S/C27H45N3O6/c1-17(2)15-22(24(33)28-21(16-19-12-13-19)23(32)18(3)31)30-14-10-8-7-9-11-20(25(30)34)29-26(35)36-27(4,5)6/h17,19-22H,7-16H2,1-6H3,(H,28,33)(H,29,35)/t20-,21?,22-/m0/s1. The van der Waals surface area contributed by atoms with Gasteiger partial charge in [-0.25, -0.2) is 4.79 Å². The Bertz CT molecular complexity index is 815. The van der Waals surface area contributed by atoms with E-state index in [1.807, 2.05) is 13.8 Å². The number of ketones is 2.